The number of anilines is 1. The van der Waals surface area contributed by atoms with Crippen molar-refractivity contribution < 1.29 is 9.47 Å². The third-order valence-electron chi connectivity index (χ3n) is 2.29. The highest BCUT2D eigenvalue weighted by molar-refractivity contribution is 9.10. The minimum Gasteiger partial charge on any atom is -0.493 e. The van der Waals surface area contributed by atoms with Gasteiger partial charge in [-0.25, -0.2) is 0 Å². The number of nitrogens with zero attached hydrogens (tertiary/aromatic N) is 5. The van der Waals surface area contributed by atoms with Gasteiger partial charge in [0, 0.05) is 10.0 Å². The summed E-state index contributed by atoms with van der Waals surface area (Å²) >= 11 is 3.42. The molecule has 1 aromatic carbocycles. The summed E-state index contributed by atoms with van der Waals surface area (Å²) in [7, 11) is 3.13. The van der Waals surface area contributed by atoms with Crippen molar-refractivity contribution in [3.05, 3.63) is 22.2 Å². The van der Waals surface area contributed by atoms with Crippen LogP contribution >= 0.6 is 15.9 Å². The molecule has 100 valence electrons. The van der Waals surface area contributed by atoms with E-state index in [0.717, 1.165) is 14.8 Å². The number of nitrogen functional groups attached to an aromatic ring is 1. The van der Waals surface area contributed by atoms with E-state index in [1.807, 2.05) is 0 Å². The number of nitrogens with two attached hydrogens (primary N) is 1. The fourth-order valence-corrected chi connectivity index (χ4v) is 1.78. The highest BCUT2D eigenvalue weighted by Crippen LogP contribution is 2.32. The Hall–Kier alpha value is -2.16. The molecule has 0 amide bonds. The minimum absolute atomic E-state index is 0.104. The summed E-state index contributed by atoms with van der Waals surface area (Å²) in [5.41, 5.74) is 6.27. The second kappa shape index (κ2) is 5.65. The molecule has 8 nitrogen and oxygen atoms in total. The molecular weight excluding hydrogens is 316 g/mol. The molecule has 0 aliphatic carbocycles. The first-order valence-corrected chi connectivity index (χ1v) is 5.94. The number of methoxy groups -OCH3 is 2. The largest absolute Gasteiger partial charge is 0.493 e. The molecule has 0 unspecified atom stereocenters. The SMILES string of the molecule is COc1cc(Br)c(/C=N/n2nnnc2N)cc1OC. The van der Waals surface area contributed by atoms with Gasteiger partial charge >= 0.3 is 0 Å². The van der Waals surface area contributed by atoms with Gasteiger partial charge in [0.25, 0.3) is 5.95 Å². The second-order valence-corrected chi connectivity index (χ2v) is 4.25. The van der Waals surface area contributed by atoms with Crippen molar-refractivity contribution in [1.82, 2.24) is 20.3 Å². The Labute approximate surface area is 117 Å². The van der Waals surface area contributed by atoms with Gasteiger partial charge in [-0.2, -0.15) is 5.10 Å². The maximum absolute atomic E-state index is 5.50. The van der Waals surface area contributed by atoms with Crippen molar-refractivity contribution in [2.45, 2.75) is 0 Å². The van der Waals surface area contributed by atoms with Crippen LogP contribution in [0, 0.1) is 0 Å². The van der Waals surface area contributed by atoms with Crippen LogP contribution in [0.2, 0.25) is 0 Å². The quantitative estimate of drug-likeness (QED) is 0.838. The van der Waals surface area contributed by atoms with E-state index in [1.54, 1.807) is 32.6 Å². The molecule has 0 aliphatic heterocycles. The van der Waals surface area contributed by atoms with Crippen molar-refractivity contribution in [3.63, 3.8) is 0 Å². The number of benzene rings is 1. The van der Waals surface area contributed by atoms with Crippen molar-refractivity contribution in [2.75, 3.05) is 20.0 Å². The Morgan fingerprint density at radius 2 is 2.00 bits per heavy atom. The molecule has 1 heterocycles. The van der Waals surface area contributed by atoms with Crippen LogP contribution in [0.4, 0.5) is 5.95 Å². The molecule has 2 N–H and O–H groups in total. The van der Waals surface area contributed by atoms with E-state index in [2.05, 4.69) is 36.6 Å². The predicted molar refractivity (Wildman–Crippen MR) is 72.5 cm³/mol. The number of rotatable bonds is 4. The highest BCUT2D eigenvalue weighted by Gasteiger charge is 2.08. The summed E-state index contributed by atoms with van der Waals surface area (Å²) < 4.78 is 11.2. The van der Waals surface area contributed by atoms with Gasteiger partial charge in [-0.1, -0.05) is 9.89 Å². The first kappa shape index (κ1) is 13.3. The van der Waals surface area contributed by atoms with E-state index in [4.69, 9.17) is 15.2 Å². The van der Waals surface area contributed by atoms with E-state index in [-0.39, 0.29) is 5.95 Å². The Kier molecular flexibility index (Phi) is 3.95. The van der Waals surface area contributed by atoms with Crippen molar-refractivity contribution in [2.24, 2.45) is 5.10 Å². The Morgan fingerprint density at radius 3 is 2.58 bits per heavy atom. The third-order valence-corrected chi connectivity index (χ3v) is 2.97. The molecular formula is C10H11BrN6O2. The van der Waals surface area contributed by atoms with Gasteiger partial charge in [0.05, 0.1) is 20.4 Å². The van der Waals surface area contributed by atoms with Gasteiger partial charge in [0.1, 0.15) is 0 Å². The predicted octanol–water partition coefficient (Wildman–Crippen LogP) is 0.917. The molecule has 0 aliphatic rings. The van der Waals surface area contributed by atoms with Crippen molar-refractivity contribution in [1.29, 1.82) is 0 Å². The van der Waals surface area contributed by atoms with Crippen LogP contribution < -0.4 is 15.2 Å². The number of hydrogen-bond donors (Lipinski definition) is 1. The van der Waals surface area contributed by atoms with Crippen LogP contribution in [0.5, 0.6) is 11.5 Å². The first-order chi connectivity index (χ1) is 9.15. The first-order valence-electron chi connectivity index (χ1n) is 5.15. The van der Waals surface area contributed by atoms with E-state index < -0.39 is 0 Å². The standard InChI is InChI=1S/C10H11BrN6O2/c1-18-8-3-6(7(11)4-9(8)19-2)5-13-17-10(12)14-15-16-17/h3-5H,1-2H3,(H2,12,14,16)/b13-5+. The molecule has 0 atom stereocenters. The summed E-state index contributed by atoms with van der Waals surface area (Å²) in [6.07, 6.45) is 1.55. The maximum atomic E-state index is 5.50. The average Bonchev–Trinajstić information content (AvgIpc) is 2.82. The smallest absolute Gasteiger partial charge is 0.263 e. The fraction of sp³-hybridized carbons (Fsp3) is 0.200. The average molecular weight is 327 g/mol. The molecule has 9 heteroatoms. The molecule has 0 radical (unpaired) electrons. The molecule has 1 aromatic heterocycles. The van der Waals surface area contributed by atoms with E-state index in [1.165, 1.54) is 0 Å². The normalized spacial score (nSPS) is 10.9. The highest BCUT2D eigenvalue weighted by atomic mass is 79.9. The summed E-state index contributed by atoms with van der Waals surface area (Å²) in [4.78, 5) is 1.11. The zero-order chi connectivity index (χ0) is 13.8. The summed E-state index contributed by atoms with van der Waals surface area (Å²) in [6.45, 7) is 0. The van der Waals surface area contributed by atoms with Crippen LogP contribution in [0.25, 0.3) is 0 Å². The van der Waals surface area contributed by atoms with Gasteiger partial charge in [-0.05, 0) is 38.5 Å². The van der Waals surface area contributed by atoms with Gasteiger partial charge in [0.2, 0.25) is 0 Å². The van der Waals surface area contributed by atoms with Crippen LogP contribution in [0.1, 0.15) is 5.56 Å². The molecule has 0 spiro atoms. The molecule has 0 fully saturated rings. The fourth-order valence-electron chi connectivity index (χ4n) is 1.36. The number of hydrogen-bond acceptors (Lipinski definition) is 7. The lowest BCUT2D eigenvalue weighted by Crippen LogP contribution is -2.00. The zero-order valence-corrected chi connectivity index (χ0v) is 11.8. The lowest BCUT2D eigenvalue weighted by Gasteiger charge is -2.09. The minimum atomic E-state index is 0.104. The molecule has 2 aromatic rings. The molecule has 19 heavy (non-hydrogen) atoms. The topological polar surface area (TPSA) is 100 Å². The Balaban J connectivity index is 2.35. The van der Waals surface area contributed by atoms with Crippen LogP contribution in [0.15, 0.2) is 21.7 Å². The number of halogens is 1. The maximum Gasteiger partial charge on any atom is 0.263 e. The molecule has 0 bridgehead atoms. The number of ether oxygens (including phenoxy) is 2. The van der Waals surface area contributed by atoms with Crippen molar-refractivity contribution in [3.8, 4) is 11.5 Å². The van der Waals surface area contributed by atoms with Crippen LogP contribution in [-0.2, 0) is 0 Å². The zero-order valence-electron chi connectivity index (χ0n) is 10.2. The molecule has 0 saturated heterocycles. The van der Waals surface area contributed by atoms with E-state index in [0.29, 0.717) is 11.5 Å². The molecule has 2 rings (SSSR count). The van der Waals surface area contributed by atoms with Crippen LogP contribution in [0.3, 0.4) is 0 Å². The Morgan fingerprint density at radius 1 is 1.32 bits per heavy atom. The summed E-state index contributed by atoms with van der Waals surface area (Å²) in [5, 5.41) is 14.5. The van der Waals surface area contributed by atoms with Crippen molar-refractivity contribution >= 4 is 28.1 Å². The third kappa shape index (κ3) is 2.81. The molecule has 0 saturated carbocycles. The Bertz CT molecular complexity index is 612. The lowest BCUT2D eigenvalue weighted by atomic mass is 10.2. The lowest BCUT2D eigenvalue weighted by molar-refractivity contribution is 0.354. The van der Waals surface area contributed by atoms with Gasteiger partial charge < -0.3 is 15.2 Å². The number of aromatic nitrogens is 4. The summed E-state index contributed by atoms with van der Waals surface area (Å²) in [5.74, 6) is 1.32. The number of tetrazole rings is 1. The van der Waals surface area contributed by atoms with E-state index >= 15 is 0 Å². The summed E-state index contributed by atoms with van der Waals surface area (Å²) in [6, 6.07) is 3.55. The second-order valence-electron chi connectivity index (χ2n) is 3.40. The van der Waals surface area contributed by atoms with Gasteiger partial charge in [-0.15, -0.1) is 0 Å². The van der Waals surface area contributed by atoms with E-state index in [9.17, 15) is 0 Å². The van der Waals surface area contributed by atoms with Gasteiger partial charge in [-0.3, -0.25) is 0 Å². The van der Waals surface area contributed by atoms with Gasteiger partial charge in [0.15, 0.2) is 11.5 Å². The monoisotopic (exact) mass is 326 g/mol. The van der Waals surface area contributed by atoms with Crippen LogP contribution in [-0.4, -0.2) is 40.8 Å².